The smallest absolute Gasteiger partial charge is 0.146 e. The molecule has 0 fully saturated rings. The van der Waals surface area contributed by atoms with Crippen molar-refractivity contribution in [3.05, 3.63) is 54.1 Å². The lowest BCUT2D eigenvalue weighted by atomic mass is 10.2. The first-order chi connectivity index (χ1) is 8.76. The fourth-order valence-corrected chi connectivity index (χ4v) is 1.91. The van der Waals surface area contributed by atoms with E-state index in [4.69, 9.17) is 5.73 Å². The van der Waals surface area contributed by atoms with Crippen molar-refractivity contribution < 1.29 is 4.39 Å². The molecule has 0 aliphatic heterocycles. The average molecular weight is 245 g/mol. The lowest BCUT2D eigenvalue weighted by Crippen LogP contribution is -2.18. The Balaban J connectivity index is 2.42. The second kappa shape index (κ2) is 5.60. The van der Waals surface area contributed by atoms with Gasteiger partial charge in [-0.3, -0.25) is 4.98 Å². The van der Waals surface area contributed by atoms with E-state index < -0.39 is 0 Å². The number of benzene rings is 1. The monoisotopic (exact) mass is 245 g/mol. The second-order valence-corrected chi connectivity index (χ2v) is 3.91. The topological polar surface area (TPSA) is 42.2 Å². The van der Waals surface area contributed by atoms with Crippen LogP contribution in [0.4, 0.5) is 15.8 Å². The second-order valence-electron chi connectivity index (χ2n) is 3.91. The molecule has 2 N–H and O–H groups in total. The summed E-state index contributed by atoms with van der Waals surface area (Å²) in [4.78, 5) is 6.04. The molecular weight excluding hydrogens is 229 g/mol. The molecule has 3 nitrogen and oxygen atoms in total. The molecule has 0 unspecified atom stereocenters. The number of aromatic nitrogens is 1. The van der Waals surface area contributed by atoms with Crippen molar-refractivity contribution in [3.63, 3.8) is 0 Å². The van der Waals surface area contributed by atoms with Crippen LogP contribution in [0.3, 0.4) is 0 Å². The van der Waals surface area contributed by atoms with E-state index >= 15 is 0 Å². The summed E-state index contributed by atoms with van der Waals surface area (Å²) in [5.41, 5.74) is 7.83. The first-order valence-electron chi connectivity index (χ1n) is 5.93. The van der Waals surface area contributed by atoms with Gasteiger partial charge < -0.3 is 10.6 Å². The van der Waals surface area contributed by atoms with Crippen molar-refractivity contribution in [2.75, 3.05) is 11.4 Å². The molecule has 1 aromatic heterocycles. The summed E-state index contributed by atoms with van der Waals surface area (Å²) in [5.74, 6) is -0.231. The molecule has 2 rings (SSSR count). The van der Waals surface area contributed by atoms with Crippen LogP contribution in [0.25, 0.3) is 0 Å². The number of nitrogens with two attached hydrogens (primary N) is 1. The maximum Gasteiger partial charge on any atom is 0.146 e. The number of pyridine rings is 1. The first-order valence-corrected chi connectivity index (χ1v) is 5.93. The zero-order valence-corrected chi connectivity index (χ0v) is 10.3. The number of rotatable bonds is 4. The van der Waals surface area contributed by atoms with Crippen molar-refractivity contribution in [1.29, 1.82) is 0 Å². The summed E-state index contributed by atoms with van der Waals surface area (Å²) in [7, 11) is 0. The van der Waals surface area contributed by atoms with Gasteiger partial charge in [-0.15, -0.1) is 0 Å². The van der Waals surface area contributed by atoms with Crippen LogP contribution in [-0.2, 0) is 6.54 Å². The fraction of sp³-hybridized carbons (Fsp3) is 0.214. The fourth-order valence-electron chi connectivity index (χ4n) is 1.91. The Hall–Kier alpha value is -1.94. The van der Waals surface area contributed by atoms with Gasteiger partial charge in [0.15, 0.2) is 0 Å². The van der Waals surface area contributed by atoms with Crippen LogP contribution in [0.15, 0.2) is 42.6 Å². The third-order valence-electron chi connectivity index (χ3n) is 2.78. The van der Waals surface area contributed by atoms with Crippen LogP contribution in [0.2, 0.25) is 0 Å². The largest absolute Gasteiger partial charge is 0.339 e. The van der Waals surface area contributed by atoms with E-state index in [1.807, 2.05) is 30.0 Å². The molecule has 1 heterocycles. The lowest BCUT2D eigenvalue weighted by molar-refractivity contribution is 0.625. The Morgan fingerprint density at radius 1 is 1.28 bits per heavy atom. The molecule has 0 atom stereocenters. The molecule has 0 saturated heterocycles. The highest BCUT2D eigenvalue weighted by molar-refractivity contribution is 5.63. The molecule has 1 aromatic carbocycles. The van der Waals surface area contributed by atoms with Crippen molar-refractivity contribution in [2.45, 2.75) is 13.5 Å². The summed E-state index contributed by atoms with van der Waals surface area (Å²) in [6, 6.07) is 10.5. The number of halogens is 1. The minimum Gasteiger partial charge on any atom is -0.339 e. The first kappa shape index (κ1) is 12.5. The maximum absolute atomic E-state index is 13.8. The van der Waals surface area contributed by atoms with E-state index in [0.29, 0.717) is 18.8 Å². The standard InChI is InChI=1S/C14H16FN3/c1-2-18(14-6-4-3-5-13(14)15)12-7-8-17-11(9-12)10-16/h3-9H,2,10,16H2,1H3. The van der Waals surface area contributed by atoms with Crippen LogP contribution in [0.1, 0.15) is 12.6 Å². The molecule has 94 valence electrons. The van der Waals surface area contributed by atoms with Crippen LogP contribution < -0.4 is 10.6 Å². The number of anilines is 2. The molecule has 0 radical (unpaired) electrons. The normalized spacial score (nSPS) is 10.4. The molecule has 4 heteroatoms. The number of para-hydroxylation sites is 1. The quantitative estimate of drug-likeness (QED) is 0.900. The maximum atomic E-state index is 13.8. The number of nitrogens with zero attached hydrogens (tertiary/aromatic N) is 2. The summed E-state index contributed by atoms with van der Waals surface area (Å²) in [6.07, 6.45) is 1.70. The Kier molecular flexibility index (Phi) is 3.89. The number of hydrogen-bond acceptors (Lipinski definition) is 3. The van der Waals surface area contributed by atoms with Crippen LogP contribution in [-0.4, -0.2) is 11.5 Å². The third kappa shape index (κ3) is 2.49. The van der Waals surface area contributed by atoms with Crippen LogP contribution >= 0.6 is 0 Å². The molecule has 0 bridgehead atoms. The Morgan fingerprint density at radius 3 is 2.72 bits per heavy atom. The van der Waals surface area contributed by atoms with E-state index in [9.17, 15) is 4.39 Å². The molecule has 0 aliphatic rings. The van der Waals surface area contributed by atoms with Gasteiger partial charge in [-0.1, -0.05) is 12.1 Å². The van der Waals surface area contributed by atoms with Gasteiger partial charge in [0.2, 0.25) is 0 Å². The Morgan fingerprint density at radius 2 is 2.06 bits per heavy atom. The molecule has 0 spiro atoms. The van der Waals surface area contributed by atoms with E-state index in [2.05, 4.69) is 4.98 Å². The highest BCUT2D eigenvalue weighted by Crippen LogP contribution is 2.27. The van der Waals surface area contributed by atoms with Gasteiger partial charge in [-0.2, -0.15) is 0 Å². The zero-order chi connectivity index (χ0) is 13.0. The minimum atomic E-state index is -0.231. The molecule has 18 heavy (non-hydrogen) atoms. The summed E-state index contributed by atoms with van der Waals surface area (Å²) in [5, 5.41) is 0. The van der Waals surface area contributed by atoms with E-state index in [1.54, 1.807) is 18.3 Å². The van der Waals surface area contributed by atoms with Crippen molar-refractivity contribution >= 4 is 11.4 Å². The molecular formula is C14H16FN3. The lowest BCUT2D eigenvalue weighted by Gasteiger charge is -2.24. The average Bonchev–Trinajstić information content (AvgIpc) is 2.42. The van der Waals surface area contributed by atoms with Crippen molar-refractivity contribution in [3.8, 4) is 0 Å². The summed E-state index contributed by atoms with van der Waals surface area (Å²) < 4.78 is 13.8. The van der Waals surface area contributed by atoms with Crippen molar-refractivity contribution in [2.24, 2.45) is 5.73 Å². The van der Waals surface area contributed by atoms with E-state index in [-0.39, 0.29) is 5.82 Å². The highest BCUT2D eigenvalue weighted by atomic mass is 19.1. The molecule has 0 aliphatic carbocycles. The minimum absolute atomic E-state index is 0.231. The molecule has 0 saturated carbocycles. The summed E-state index contributed by atoms with van der Waals surface area (Å²) >= 11 is 0. The predicted molar refractivity (Wildman–Crippen MR) is 71.2 cm³/mol. The van der Waals surface area contributed by atoms with E-state index in [1.165, 1.54) is 6.07 Å². The molecule has 0 amide bonds. The van der Waals surface area contributed by atoms with E-state index in [0.717, 1.165) is 11.4 Å². The predicted octanol–water partition coefficient (Wildman–Crippen LogP) is 2.84. The van der Waals surface area contributed by atoms with Gasteiger partial charge >= 0.3 is 0 Å². The van der Waals surface area contributed by atoms with Gasteiger partial charge in [-0.05, 0) is 31.2 Å². The highest BCUT2D eigenvalue weighted by Gasteiger charge is 2.11. The van der Waals surface area contributed by atoms with Crippen LogP contribution in [0.5, 0.6) is 0 Å². The Bertz CT molecular complexity index is 528. The van der Waals surface area contributed by atoms with Crippen LogP contribution in [0, 0.1) is 5.82 Å². The third-order valence-corrected chi connectivity index (χ3v) is 2.78. The SMILES string of the molecule is CCN(c1ccnc(CN)c1)c1ccccc1F. The van der Waals surface area contributed by atoms with Gasteiger partial charge in [0.05, 0.1) is 11.4 Å². The van der Waals surface area contributed by atoms with Gasteiger partial charge in [0, 0.05) is 25.0 Å². The van der Waals surface area contributed by atoms with Crippen molar-refractivity contribution in [1.82, 2.24) is 4.98 Å². The zero-order valence-electron chi connectivity index (χ0n) is 10.3. The summed E-state index contributed by atoms with van der Waals surface area (Å²) in [6.45, 7) is 3.03. The molecule has 2 aromatic rings. The van der Waals surface area contributed by atoms with Gasteiger partial charge in [0.25, 0.3) is 0 Å². The Labute approximate surface area is 106 Å². The number of hydrogen-bond donors (Lipinski definition) is 1. The van der Waals surface area contributed by atoms with Gasteiger partial charge in [-0.25, -0.2) is 4.39 Å². The van der Waals surface area contributed by atoms with Gasteiger partial charge in [0.1, 0.15) is 5.82 Å².